The van der Waals surface area contributed by atoms with Crippen molar-refractivity contribution in [3.63, 3.8) is 0 Å². The van der Waals surface area contributed by atoms with Crippen molar-refractivity contribution in [2.45, 2.75) is 45.6 Å². The molecule has 3 aromatic rings. The fourth-order valence-corrected chi connectivity index (χ4v) is 6.90. The third-order valence-corrected chi connectivity index (χ3v) is 7.18. The number of aryl methyl sites for hydroxylation is 2. The van der Waals surface area contributed by atoms with Crippen LogP contribution in [0.4, 0.5) is 5.82 Å². The van der Waals surface area contributed by atoms with E-state index >= 15 is 0 Å². The Hall–Kier alpha value is -0.960. The van der Waals surface area contributed by atoms with E-state index in [4.69, 9.17) is 9.97 Å². The zero-order valence-electron chi connectivity index (χ0n) is 16.4. The van der Waals surface area contributed by atoms with Gasteiger partial charge in [-0.1, -0.05) is 15.9 Å². The van der Waals surface area contributed by atoms with Crippen LogP contribution < -0.4 is 4.90 Å². The van der Waals surface area contributed by atoms with Gasteiger partial charge in [0.15, 0.2) is 5.65 Å². The highest BCUT2D eigenvalue weighted by Gasteiger charge is 2.27. The first-order valence-electron chi connectivity index (χ1n) is 9.79. The highest BCUT2D eigenvalue weighted by molar-refractivity contribution is 9.11. The van der Waals surface area contributed by atoms with E-state index in [0.717, 1.165) is 73.2 Å². The lowest BCUT2D eigenvalue weighted by atomic mass is 9.99. The monoisotopic (exact) mass is 584 g/mol. The van der Waals surface area contributed by atoms with Crippen molar-refractivity contribution in [3.8, 4) is 5.69 Å². The third-order valence-electron chi connectivity index (χ3n) is 5.51. The maximum atomic E-state index is 9.56. The molecule has 1 atom stereocenters. The number of aliphatic hydroxyl groups is 1. The summed E-state index contributed by atoms with van der Waals surface area (Å²) in [5, 5.41) is 10.6. The summed E-state index contributed by atoms with van der Waals surface area (Å²) in [5.41, 5.74) is 3.06. The minimum atomic E-state index is 0.202. The number of aromatic nitrogens is 3. The Kier molecular flexibility index (Phi) is 6.35. The zero-order valence-corrected chi connectivity index (χ0v) is 21.2. The average Bonchev–Trinajstić information content (AvgIpc) is 2.97. The van der Waals surface area contributed by atoms with Crippen molar-refractivity contribution in [1.29, 1.82) is 0 Å². The van der Waals surface area contributed by atoms with Crippen LogP contribution in [0.3, 0.4) is 0 Å². The number of benzene rings is 1. The van der Waals surface area contributed by atoms with Crippen LogP contribution in [0.5, 0.6) is 0 Å². The second kappa shape index (κ2) is 8.65. The van der Waals surface area contributed by atoms with Gasteiger partial charge in [0.1, 0.15) is 11.6 Å². The van der Waals surface area contributed by atoms with Gasteiger partial charge in [-0.2, -0.15) is 0 Å². The molecule has 1 unspecified atom stereocenters. The molecule has 1 N–H and O–H groups in total. The van der Waals surface area contributed by atoms with Crippen molar-refractivity contribution >= 4 is 64.6 Å². The van der Waals surface area contributed by atoms with Gasteiger partial charge in [-0.25, -0.2) is 9.97 Å². The maximum absolute atomic E-state index is 9.56. The Morgan fingerprint density at radius 3 is 2.52 bits per heavy atom. The summed E-state index contributed by atoms with van der Waals surface area (Å²) in [6, 6.07) is 4.40. The molecule has 0 amide bonds. The molecule has 5 nitrogen and oxygen atoms in total. The van der Waals surface area contributed by atoms with E-state index in [1.165, 1.54) is 6.42 Å². The molecule has 0 saturated carbocycles. The second-order valence-electron chi connectivity index (χ2n) is 7.55. The molecule has 8 heteroatoms. The Morgan fingerprint density at radius 2 is 1.83 bits per heavy atom. The van der Waals surface area contributed by atoms with Gasteiger partial charge in [-0.05, 0) is 89.1 Å². The Bertz CT molecular complexity index is 1040. The molecule has 1 aromatic carbocycles. The van der Waals surface area contributed by atoms with Gasteiger partial charge in [0.25, 0.3) is 0 Å². The zero-order chi connectivity index (χ0) is 20.7. The van der Waals surface area contributed by atoms with Gasteiger partial charge in [0.2, 0.25) is 0 Å². The predicted octanol–water partition coefficient (Wildman–Crippen LogP) is 6.07. The van der Waals surface area contributed by atoms with Crippen LogP contribution in [0.15, 0.2) is 31.7 Å². The predicted molar refractivity (Wildman–Crippen MR) is 128 cm³/mol. The third kappa shape index (κ3) is 4.01. The van der Waals surface area contributed by atoms with E-state index in [9.17, 15) is 5.11 Å². The number of anilines is 1. The number of piperidine rings is 1. The summed E-state index contributed by atoms with van der Waals surface area (Å²) in [7, 11) is 0. The molecule has 0 spiro atoms. The molecule has 4 rings (SSSR count). The van der Waals surface area contributed by atoms with Gasteiger partial charge in [-0.3, -0.25) is 4.57 Å². The fourth-order valence-electron chi connectivity index (χ4n) is 4.26. The summed E-state index contributed by atoms with van der Waals surface area (Å²) in [6.45, 7) is 5.23. The Balaban J connectivity index is 1.94. The number of rotatable bonds is 4. The molecule has 1 saturated heterocycles. The van der Waals surface area contributed by atoms with Crippen LogP contribution in [0, 0.1) is 13.8 Å². The second-order valence-corrected chi connectivity index (χ2v) is 10.2. The molecular weight excluding hydrogens is 564 g/mol. The largest absolute Gasteiger partial charge is 0.396 e. The van der Waals surface area contributed by atoms with Gasteiger partial charge < -0.3 is 10.0 Å². The molecule has 29 heavy (non-hydrogen) atoms. The summed E-state index contributed by atoms with van der Waals surface area (Å²) >= 11 is 11.0. The van der Waals surface area contributed by atoms with Crippen molar-refractivity contribution in [2.75, 3.05) is 18.1 Å². The van der Waals surface area contributed by atoms with Crippen LogP contribution in [0.25, 0.3) is 16.7 Å². The summed E-state index contributed by atoms with van der Waals surface area (Å²) in [6.07, 6.45) is 6.35. The van der Waals surface area contributed by atoms with Gasteiger partial charge in [0, 0.05) is 38.8 Å². The first kappa shape index (κ1) is 21.3. The van der Waals surface area contributed by atoms with Crippen LogP contribution >= 0.6 is 47.8 Å². The van der Waals surface area contributed by atoms with Crippen molar-refractivity contribution in [2.24, 2.45) is 0 Å². The van der Waals surface area contributed by atoms with Crippen LogP contribution in [0.2, 0.25) is 0 Å². The normalized spacial score (nSPS) is 17.3. The van der Waals surface area contributed by atoms with Gasteiger partial charge >= 0.3 is 0 Å². The SMILES string of the molecule is Cc1nc(N2CCCCC2CCO)c2c(C)cn(-c3c(Br)cc(Br)cc3Br)c2n1. The molecule has 154 valence electrons. The topological polar surface area (TPSA) is 54.2 Å². The number of hydrogen-bond donors (Lipinski definition) is 1. The number of halogens is 3. The lowest BCUT2D eigenvalue weighted by Gasteiger charge is -2.37. The molecule has 0 radical (unpaired) electrons. The molecular formula is C21H23Br3N4O. The first-order chi connectivity index (χ1) is 13.9. The fraction of sp³-hybridized carbons (Fsp3) is 0.429. The summed E-state index contributed by atoms with van der Waals surface area (Å²) < 4.78 is 5.09. The van der Waals surface area contributed by atoms with E-state index in [1.54, 1.807) is 0 Å². The average molecular weight is 587 g/mol. The number of nitrogens with zero attached hydrogens (tertiary/aromatic N) is 4. The number of fused-ring (bicyclic) bond motifs is 1. The highest BCUT2D eigenvalue weighted by atomic mass is 79.9. The van der Waals surface area contributed by atoms with Crippen molar-refractivity contribution in [3.05, 3.63) is 43.1 Å². The Labute approximate surface area is 195 Å². The van der Waals surface area contributed by atoms with E-state index in [1.807, 2.05) is 19.1 Å². The number of aliphatic hydroxyl groups excluding tert-OH is 1. The first-order valence-corrected chi connectivity index (χ1v) is 12.2. The summed E-state index contributed by atoms with van der Waals surface area (Å²) in [4.78, 5) is 12.1. The van der Waals surface area contributed by atoms with Gasteiger partial charge in [0.05, 0.1) is 11.1 Å². The molecule has 1 aliphatic rings. The molecule has 1 fully saturated rings. The quantitative estimate of drug-likeness (QED) is 0.403. The molecule has 0 bridgehead atoms. The van der Waals surface area contributed by atoms with Crippen molar-refractivity contribution in [1.82, 2.24) is 14.5 Å². The minimum absolute atomic E-state index is 0.202. The molecule has 2 aromatic heterocycles. The van der Waals surface area contributed by atoms with E-state index in [-0.39, 0.29) is 6.61 Å². The van der Waals surface area contributed by atoms with Gasteiger partial charge in [-0.15, -0.1) is 0 Å². The van der Waals surface area contributed by atoms with Crippen LogP contribution in [0.1, 0.15) is 37.1 Å². The standard InChI is InChI=1S/C21H23Br3N4O/c1-12-11-28(19-16(23)9-14(22)10-17(19)24)21-18(12)20(25-13(2)26-21)27-7-4-3-5-15(27)6-8-29/h9-11,15,29H,3-8H2,1-2H3. The summed E-state index contributed by atoms with van der Waals surface area (Å²) in [5.74, 6) is 1.75. The molecule has 3 heterocycles. The smallest absolute Gasteiger partial charge is 0.150 e. The van der Waals surface area contributed by atoms with Crippen LogP contribution in [-0.2, 0) is 0 Å². The lowest BCUT2D eigenvalue weighted by molar-refractivity contribution is 0.262. The van der Waals surface area contributed by atoms with E-state index in [2.05, 4.69) is 70.4 Å². The van der Waals surface area contributed by atoms with Crippen LogP contribution in [-0.4, -0.2) is 38.8 Å². The highest BCUT2D eigenvalue weighted by Crippen LogP contribution is 2.39. The van der Waals surface area contributed by atoms with E-state index < -0.39 is 0 Å². The van der Waals surface area contributed by atoms with Crippen molar-refractivity contribution < 1.29 is 5.11 Å². The maximum Gasteiger partial charge on any atom is 0.150 e. The number of hydrogen-bond acceptors (Lipinski definition) is 4. The minimum Gasteiger partial charge on any atom is -0.396 e. The molecule has 1 aliphatic heterocycles. The Morgan fingerprint density at radius 1 is 1.10 bits per heavy atom. The molecule has 0 aliphatic carbocycles. The lowest BCUT2D eigenvalue weighted by Crippen LogP contribution is -2.41. The van der Waals surface area contributed by atoms with E-state index in [0.29, 0.717) is 6.04 Å².